The first-order valence-corrected chi connectivity index (χ1v) is 13.1. The number of ether oxygens (including phenoxy) is 2. The fraction of sp³-hybridized carbons (Fsp3) is 0.478. The molecule has 2 aliphatic heterocycles. The van der Waals surface area contributed by atoms with Crippen LogP contribution in [0.3, 0.4) is 0 Å². The summed E-state index contributed by atoms with van der Waals surface area (Å²) in [4.78, 5) is 27.2. The summed E-state index contributed by atoms with van der Waals surface area (Å²) in [5.41, 5.74) is 0.111. The summed E-state index contributed by atoms with van der Waals surface area (Å²) >= 11 is 5.02. The fourth-order valence-electron chi connectivity index (χ4n) is 4.39. The fourth-order valence-corrected chi connectivity index (χ4v) is 5.77. The van der Waals surface area contributed by atoms with Crippen LogP contribution in [-0.2, 0) is 11.3 Å². The Bertz CT molecular complexity index is 1330. The number of aromatic nitrogens is 4. The molecule has 3 aromatic rings. The summed E-state index contributed by atoms with van der Waals surface area (Å²) in [6.07, 6.45) is 4.39. The van der Waals surface area contributed by atoms with Crippen LogP contribution in [-0.4, -0.2) is 60.9 Å². The standard InChI is InChI=1S/C23H27BrN6O4S/c1-23(2,32)21(31)29-6-3-13(4-7-29)5-8-30-11-26-19(25)18-20(30)28-22(27-18)35-17-10-16-15(9-14(17)24)33-12-34-16/h9-11,13,25,32H,3-8,12H2,1-2H3,(H,27,28). The lowest BCUT2D eigenvalue weighted by Gasteiger charge is -2.35. The van der Waals surface area contributed by atoms with Crippen LogP contribution < -0.4 is 15.0 Å². The van der Waals surface area contributed by atoms with Crippen molar-refractivity contribution in [1.82, 2.24) is 24.4 Å². The largest absolute Gasteiger partial charge is 0.454 e. The molecule has 12 heteroatoms. The summed E-state index contributed by atoms with van der Waals surface area (Å²) in [6, 6.07) is 3.79. The zero-order valence-corrected chi connectivity index (χ0v) is 21.9. The molecule has 4 heterocycles. The molecule has 0 spiro atoms. The van der Waals surface area contributed by atoms with Crippen molar-refractivity contribution < 1.29 is 19.4 Å². The van der Waals surface area contributed by atoms with E-state index in [0.717, 1.165) is 35.2 Å². The van der Waals surface area contributed by atoms with Gasteiger partial charge in [-0.05, 0) is 67.1 Å². The number of imidazole rings is 1. The summed E-state index contributed by atoms with van der Waals surface area (Å²) in [7, 11) is 0. The SMILES string of the molecule is CC(C)(O)C(=O)N1CCC(CCn2cnc(=N)c3[nH]c(Sc4cc5c(cc4Br)OCO5)nc32)CC1. The van der Waals surface area contributed by atoms with E-state index in [1.807, 2.05) is 16.7 Å². The number of aryl methyl sites for hydroxylation is 1. The molecule has 0 saturated carbocycles. The van der Waals surface area contributed by atoms with Crippen LogP contribution in [0.2, 0.25) is 0 Å². The second-order valence-electron chi connectivity index (χ2n) is 9.35. The lowest BCUT2D eigenvalue weighted by molar-refractivity contribution is -0.149. The third kappa shape index (κ3) is 5.05. The van der Waals surface area contributed by atoms with Crippen LogP contribution in [0.1, 0.15) is 33.1 Å². The Labute approximate surface area is 214 Å². The van der Waals surface area contributed by atoms with Crippen molar-refractivity contribution in [3.05, 3.63) is 28.4 Å². The number of likely N-dealkylation sites (tertiary alicyclic amines) is 1. The number of amides is 1. The number of carbonyl (C=O) groups is 1. The maximum absolute atomic E-state index is 12.3. The van der Waals surface area contributed by atoms with E-state index in [1.54, 1.807) is 11.2 Å². The monoisotopic (exact) mass is 562 g/mol. The van der Waals surface area contributed by atoms with Gasteiger partial charge in [0.1, 0.15) is 11.1 Å². The number of H-pyrrole nitrogens is 1. The zero-order valence-electron chi connectivity index (χ0n) is 19.5. The molecule has 0 atom stereocenters. The van der Waals surface area contributed by atoms with Gasteiger partial charge < -0.3 is 29.0 Å². The molecule has 1 amide bonds. The van der Waals surface area contributed by atoms with E-state index in [4.69, 9.17) is 19.9 Å². The van der Waals surface area contributed by atoms with Crippen molar-refractivity contribution in [3.8, 4) is 11.5 Å². The number of aliphatic hydroxyl groups is 1. The Morgan fingerprint density at radius 1 is 1.31 bits per heavy atom. The van der Waals surface area contributed by atoms with Crippen molar-refractivity contribution in [3.63, 3.8) is 0 Å². The first-order valence-electron chi connectivity index (χ1n) is 11.5. The van der Waals surface area contributed by atoms with E-state index in [-0.39, 0.29) is 18.2 Å². The van der Waals surface area contributed by atoms with E-state index < -0.39 is 5.60 Å². The molecule has 3 N–H and O–H groups in total. The van der Waals surface area contributed by atoms with Gasteiger partial charge in [-0.15, -0.1) is 0 Å². The quantitative estimate of drug-likeness (QED) is 0.420. The molecule has 10 nitrogen and oxygen atoms in total. The van der Waals surface area contributed by atoms with E-state index >= 15 is 0 Å². The van der Waals surface area contributed by atoms with Gasteiger partial charge in [0, 0.05) is 29.0 Å². The van der Waals surface area contributed by atoms with Crippen molar-refractivity contribution in [2.45, 2.75) is 55.3 Å². The Balaban J connectivity index is 1.28. The van der Waals surface area contributed by atoms with Crippen LogP contribution in [0.5, 0.6) is 11.5 Å². The van der Waals surface area contributed by atoms with Crippen LogP contribution in [0, 0.1) is 11.3 Å². The highest BCUT2D eigenvalue weighted by Crippen LogP contribution is 2.42. The summed E-state index contributed by atoms with van der Waals surface area (Å²) in [5.74, 6) is 1.66. The maximum Gasteiger partial charge on any atom is 0.253 e. The Kier molecular flexibility index (Phi) is 6.53. The third-order valence-electron chi connectivity index (χ3n) is 6.34. The summed E-state index contributed by atoms with van der Waals surface area (Å²) in [6.45, 7) is 5.32. The molecule has 0 radical (unpaired) electrons. The summed E-state index contributed by atoms with van der Waals surface area (Å²) in [5, 5.41) is 18.9. The lowest BCUT2D eigenvalue weighted by atomic mass is 9.92. The highest BCUT2D eigenvalue weighted by atomic mass is 79.9. The molecular weight excluding hydrogens is 536 g/mol. The van der Waals surface area contributed by atoms with Crippen molar-refractivity contribution in [2.24, 2.45) is 5.92 Å². The van der Waals surface area contributed by atoms with Gasteiger partial charge in [0.15, 0.2) is 27.8 Å². The topological polar surface area (TPSA) is 129 Å². The second kappa shape index (κ2) is 9.47. The highest BCUT2D eigenvalue weighted by Gasteiger charge is 2.32. The minimum Gasteiger partial charge on any atom is -0.454 e. The zero-order chi connectivity index (χ0) is 24.7. The first kappa shape index (κ1) is 24.1. The van der Waals surface area contributed by atoms with Crippen molar-refractivity contribution >= 4 is 44.8 Å². The maximum atomic E-state index is 12.3. The van der Waals surface area contributed by atoms with Gasteiger partial charge in [-0.2, -0.15) is 0 Å². The number of hydrogen-bond acceptors (Lipinski definition) is 8. The van der Waals surface area contributed by atoms with E-state index in [2.05, 4.69) is 25.9 Å². The molecule has 1 saturated heterocycles. The van der Waals surface area contributed by atoms with E-state index in [1.165, 1.54) is 25.6 Å². The Hall–Kier alpha value is -2.57. The molecule has 186 valence electrons. The van der Waals surface area contributed by atoms with Gasteiger partial charge in [-0.1, -0.05) is 11.8 Å². The number of carbonyl (C=O) groups excluding carboxylic acids is 1. The number of fused-ring (bicyclic) bond motifs is 2. The second-order valence-corrected chi connectivity index (χ2v) is 11.2. The van der Waals surface area contributed by atoms with Crippen LogP contribution in [0.4, 0.5) is 0 Å². The Morgan fingerprint density at radius 2 is 2.03 bits per heavy atom. The number of nitrogens with zero attached hydrogens (tertiary/aromatic N) is 4. The molecule has 0 bridgehead atoms. The van der Waals surface area contributed by atoms with Crippen molar-refractivity contribution in [1.29, 1.82) is 5.41 Å². The molecule has 35 heavy (non-hydrogen) atoms. The molecule has 2 aliphatic rings. The predicted molar refractivity (Wildman–Crippen MR) is 132 cm³/mol. The number of aromatic amines is 1. The number of rotatable bonds is 6. The number of benzene rings is 1. The molecule has 0 aliphatic carbocycles. The lowest BCUT2D eigenvalue weighted by Crippen LogP contribution is -2.48. The predicted octanol–water partition coefficient (Wildman–Crippen LogP) is 3.28. The van der Waals surface area contributed by atoms with Crippen molar-refractivity contribution in [2.75, 3.05) is 19.9 Å². The molecule has 1 aromatic carbocycles. The number of nitrogens with one attached hydrogen (secondary N) is 2. The first-order chi connectivity index (χ1) is 16.7. The minimum absolute atomic E-state index is 0.152. The van der Waals surface area contributed by atoms with Crippen LogP contribution in [0.25, 0.3) is 11.2 Å². The van der Waals surface area contributed by atoms with Crippen LogP contribution >= 0.6 is 27.7 Å². The van der Waals surface area contributed by atoms with Gasteiger partial charge in [0.05, 0.1) is 6.33 Å². The molecule has 5 rings (SSSR count). The summed E-state index contributed by atoms with van der Waals surface area (Å²) < 4.78 is 13.8. The normalized spacial score (nSPS) is 16.3. The Morgan fingerprint density at radius 3 is 2.74 bits per heavy atom. The highest BCUT2D eigenvalue weighted by molar-refractivity contribution is 9.10. The molecule has 2 aromatic heterocycles. The van der Waals surface area contributed by atoms with Crippen LogP contribution in [0.15, 0.2) is 33.0 Å². The minimum atomic E-state index is -1.33. The average Bonchev–Trinajstić information content (AvgIpc) is 3.45. The molecule has 0 unspecified atom stereocenters. The van der Waals surface area contributed by atoms with Gasteiger partial charge >= 0.3 is 0 Å². The molecular formula is C23H27BrN6O4S. The number of piperidine rings is 1. The number of hydrogen-bond donors (Lipinski definition) is 3. The van der Waals surface area contributed by atoms with E-state index in [0.29, 0.717) is 46.8 Å². The molecule has 1 fully saturated rings. The van der Waals surface area contributed by atoms with E-state index in [9.17, 15) is 9.90 Å². The number of halogens is 1. The third-order valence-corrected chi connectivity index (χ3v) is 8.20. The average molecular weight is 563 g/mol. The van der Waals surface area contributed by atoms with Gasteiger partial charge in [0.2, 0.25) is 6.79 Å². The van der Waals surface area contributed by atoms with Gasteiger partial charge in [-0.25, -0.2) is 9.97 Å². The van der Waals surface area contributed by atoms with Gasteiger partial charge in [0.25, 0.3) is 5.91 Å². The smallest absolute Gasteiger partial charge is 0.253 e. The van der Waals surface area contributed by atoms with Gasteiger partial charge in [-0.3, -0.25) is 10.2 Å².